The maximum atomic E-state index is 13.1. The van der Waals surface area contributed by atoms with Gasteiger partial charge >= 0.3 is 0 Å². The molecule has 110 valence electrons. The van der Waals surface area contributed by atoms with Gasteiger partial charge in [-0.05, 0) is 68.9 Å². The van der Waals surface area contributed by atoms with E-state index in [2.05, 4.69) is 10.2 Å². The molecule has 0 saturated carbocycles. The molecular formula is C17H25FN2. The van der Waals surface area contributed by atoms with Crippen molar-refractivity contribution in [2.45, 2.75) is 38.1 Å². The number of halogens is 1. The first kappa shape index (κ1) is 14.0. The summed E-state index contributed by atoms with van der Waals surface area (Å²) in [6.07, 6.45) is 6.42. The van der Waals surface area contributed by atoms with Crippen LogP contribution in [0.5, 0.6) is 0 Å². The molecule has 2 saturated heterocycles. The van der Waals surface area contributed by atoms with Crippen molar-refractivity contribution in [2.75, 3.05) is 26.2 Å². The number of nitrogens with one attached hydrogen (secondary N) is 1. The largest absolute Gasteiger partial charge is 0.317 e. The lowest BCUT2D eigenvalue weighted by Gasteiger charge is -2.39. The second-order valence-corrected chi connectivity index (χ2v) is 6.25. The number of piperidine rings is 2. The van der Waals surface area contributed by atoms with Crippen LogP contribution >= 0.6 is 0 Å². The van der Waals surface area contributed by atoms with Gasteiger partial charge in [0.15, 0.2) is 0 Å². The normalized spacial score (nSPS) is 25.8. The van der Waals surface area contributed by atoms with Crippen molar-refractivity contribution in [1.29, 1.82) is 0 Å². The number of benzene rings is 1. The Bertz CT molecular complexity index is 412. The number of rotatable bonds is 3. The molecule has 2 aliphatic heterocycles. The molecule has 1 aromatic rings. The zero-order chi connectivity index (χ0) is 13.8. The number of hydrogen-bond acceptors (Lipinski definition) is 2. The highest BCUT2D eigenvalue weighted by molar-refractivity contribution is 5.20. The third-order valence-corrected chi connectivity index (χ3v) is 4.82. The third-order valence-electron chi connectivity index (χ3n) is 4.82. The highest BCUT2D eigenvalue weighted by Crippen LogP contribution is 2.32. The van der Waals surface area contributed by atoms with Gasteiger partial charge in [0.2, 0.25) is 0 Å². The fourth-order valence-corrected chi connectivity index (χ4v) is 3.67. The first-order valence-corrected chi connectivity index (χ1v) is 8.03. The molecule has 0 radical (unpaired) electrons. The van der Waals surface area contributed by atoms with Crippen molar-refractivity contribution in [3.8, 4) is 0 Å². The second-order valence-electron chi connectivity index (χ2n) is 6.25. The SMILES string of the molecule is Fc1ccc(C2CCCCN2CC2CCNCC2)cc1. The van der Waals surface area contributed by atoms with Gasteiger partial charge in [0, 0.05) is 12.6 Å². The zero-order valence-electron chi connectivity index (χ0n) is 12.2. The van der Waals surface area contributed by atoms with Crippen LogP contribution in [0, 0.1) is 11.7 Å². The molecule has 2 heterocycles. The smallest absolute Gasteiger partial charge is 0.123 e. The molecule has 20 heavy (non-hydrogen) atoms. The predicted molar refractivity (Wildman–Crippen MR) is 80.2 cm³/mol. The summed E-state index contributed by atoms with van der Waals surface area (Å²) < 4.78 is 13.1. The van der Waals surface area contributed by atoms with Gasteiger partial charge in [-0.25, -0.2) is 4.39 Å². The zero-order valence-corrected chi connectivity index (χ0v) is 12.2. The predicted octanol–water partition coefficient (Wildman–Crippen LogP) is 3.35. The van der Waals surface area contributed by atoms with Crippen LogP contribution in [-0.4, -0.2) is 31.1 Å². The Morgan fingerprint density at radius 3 is 2.55 bits per heavy atom. The maximum absolute atomic E-state index is 13.1. The molecule has 2 nitrogen and oxygen atoms in total. The fourth-order valence-electron chi connectivity index (χ4n) is 3.67. The molecule has 0 aliphatic carbocycles. The number of nitrogens with zero attached hydrogens (tertiary/aromatic N) is 1. The third kappa shape index (κ3) is 3.39. The molecule has 2 aliphatic rings. The molecule has 0 bridgehead atoms. The highest BCUT2D eigenvalue weighted by atomic mass is 19.1. The van der Waals surface area contributed by atoms with Gasteiger partial charge in [0.1, 0.15) is 5.82 Å². The van der Waals surface area contributed by atoms with Crippen molar-refractivity contribution in [1.82, 2.24) is 10.2 Å². The molecule has 1 N–H and O–H groups in total. The van der Waals surface area contributed by atoms with Crippen molar-refractivity contribution >= 4 is 0 Å². The molecule has 2 fully saturated rings. The molecular weight excluding hydrogens is 251 g/mol. The van der Waals surface area contributed by atoms with Crippen LogP contribution in [0.1, 0.15) is 43.7 Å². The van der Waals surface area contributed by atoms with E-state index in [0.29, 0.717) is 6.04 Å². The summed E-state index contributed by atoms with van der Waals surface area (Å²) in [4.78, 5) is 2.65. The Labute approximate surface area is 121 Å². The van der Waals surface area contributed by atoms with Crippen LogP contribution in [0.25, 0.3) is 0 Å². The molecule has 0 aromatic heterocycles. The van der Waals surface area contributed by atoms with Crippen LogP contribution in [-0.2, 0) is 0 Å². The summed E-state index contributed by atoms with van der Waals surface area (Å²) in [5.74, 6) is 0.701. The standard InChI is InChI=1S/C17H25FN2/c18-16-6-4-15(5-7-16)17-3-1-2-12-20(17)13-14-8-10-19-11-9-14/h4-7,14,17,19H,1-3,8-13H2. The van der Waals surface area contributed by atoms with Crippen molar-refractivity contribution in [2.24, 2.45) is 5.92 Å². The minimum absolute atomic E-state index is 0.130. The van der Waals surface area contributed by atoms with Crippen molar-refractivity contribution in [3.63, 3.8) is 0 Å². The Morgan fingerprint density at radius 1 is 1.05 bits per heavy atom. The van der Waals surface area contributed by atoms with E-state index in [9.17, 15) is 4.39 Å². The second kappa shape index (κ2) is 6.68. The van der Waals surface area contributed by atoms with Crippen LogP contribution < -0.4 is 5.32 Å². The summed E-state index contributed by atoms with van der Waals surface area (Å²) in [7, 11) is 0. The van der Waals surface area contributed by atoms with E-state index in [4.69, 9.17) is 0 Å². The Balaban J connectivity index is 1.68. The van der Waals surface area contributed by atoms with Gasteiger partial charge in [0.05, 0.1) is 0 Å². The lowest BCUT2D eigenvalue weighted by atomic mass is 9.91. The summed E-state index contributed by atoms with van der Waals surface area (Å²) in [5.41, 5.74) is 1.29. The van der Waals surface area contributed by atoms with Gasteiger partial charge in [-0.3, -0.25) is 4.90 Å². The van der Waals surface area contributed by atoms with E-state index in [1.807, 2.05) is 12.1 Å². The van der Waals surface area contributed by atoms with E-state index < -0.39 is 0 Å². The van der Waals surface area contributed by atoms with E-state index in [1.165, 1.54) is 63.8 Å². The monoisotopic (exact) mass is 276 g/mol. The van der Waals surface area contributed by atoms with E-state index in [1.54, 1.807) is 12.1 Å². The Hall–Kier alpha value is -0.930. The van der Waals surface area contributed by atoms with Gasteiger partial charge in [0.25, 0.3) is 0 Å². The minimum atomic E-state index is -0.130. The molecule has 0 amide bonds. The minimum Gasteiger partial charge on any atom is -0.317 e. The topological polar surface area (TPSA) is 15.3 Å². The molecule has 1 atom stereocenters. The average molecular weight is 276 g/mol. The summed E-state index contributed by atoms with van der Waals surface area (Å²) in [6, 6.07) is 7.65. The molecule has 3 heteroatoms. The first-order chi connectivity index (χ1) is 9.83. The van der Waals surface area contributed by atoms with E-state index in [-0.39, 0.29) is 5.82 Å². The lowest BCUT2D eigenvalue weighted by molar-refractivity contribution is 0.115. The highest BCUT2D eigenvalue weighted by Gasteiger charge is 2.26. The number of hydrogen-bond donors (Lipinski definition) is 1. The van der Waals surface area contributed by atoms with Crippen molar-refractivity contribution in [3.05, 3.63) is 35.6 Å². The summed E-state index contributed by atoms with van der Waals surface area (Å²) in [5, 5.41) is 3.44. The van der Waals surface area contributed by atoms with Gasteiger partial charge in [-0.15, -0.1) is 0 Å². The van der Waals surface area contributed by atoms with Crippen LogP contribution in [0.3, 0.4) is 0 Å². The summed E-state index contributed by atoms with van der Waals surface area (Å²) >= 11 is 0. The van der Waals surface area contributed by atoms with Gasteiger partial charge < -0.3 is 5.32 Å². The van der Waals surface area contributed by atoms with Gasteiger partial charge in [-0.2, -0.15) is 0 Å². The summed E-state index contributed by atoms with van der Waals surface area (Å²) in [6.45, 7) is 4.75. The van der Waals surface area contributed by atoms with Crippen molar-refractivity contribution < 1.29 is 4.39 Å². The lowest BCUT2D eigenvalue weighted by Crippen LogP contribution is -2.40. The maximum Gasteiger partial charge on any atom is 0.123 e. The molecule has 0 spiro atoms. The molecule has 1 aromatic carbocycles. The Morgan fingerprint density at radius 2 is 1.80 bits per heavy atom. The molecule has 3 rings (SSSR count). The quantitative estimate of drug-likeness (QED) is 0.910. The molecule has 1 unspecified atom stereocenters. The van der Waals surface area contributed by atoms with E-state index >= 15 is 0 Å². The Kier molecular flexibility index (Phi) is 4.69. The van der Waals surface area contributed by atoms with Crippen LogP contribution in [0.2, 0.25) is 0 Å². The van der Waals surface area contributed by atoms with Crippen LogP contribution in [0.15, 0.2) is 24.3 Å². The van der Waals surface area contributed by atoms with Crippen LogP contribution in [0.4, 0.5) is 4.39 Å². The van der Waals surface area contributed by atoms with E-state index in [0.717, 1.165) is 5.92 Å². The number of likely N-dealkylation sites (tertiary alicyclic amines) is 1. The van der Waals surface area contributed by atoms with Gasteiger partial charge in [-0.1, -0.05) is 18.6 Å². The fraction of sp³-hybridized carbons (Fsp3) is 0.647. The average Bonchev–Trinajstić information content (AvgIpc) is 2.50. The first-order valence-electron chi connectivity index (χ1n) is 8.03.